The zero-order valence-corrected chi connectivity index (χ0v) is 21.8. The van der Waals surface area contributed by atoms with Gasteiger partial charge in [-0.05, 0) is 60.7 Å². The monoisotopic (exact) mass is 560 g/mol. The summed E-state index contributed by atoms with van der Waals surface area (Å²) in [5, 5.41) is 6.61. The van der Waals surface area contributed by atoms with Gasteiger partial charge in [-0.25, -0.2) is 9.97 Å². The van der Waals surface area contributed by atoms with E-state index in [0.717, 1.165) is 23.2 Å². The minimum atomic E-state index is -4.54. The van der Waals surface area contributed by atoms with Gasteiger partial charge in [0.05, 0.1) is 25.3 Å². The van der Waals surface area contributed by atoms with E-state index in [-0.39, 0.29) is 5.56 Å². The van der Waals surface area contributed by atoms with E-state index in [1.54, 1.807) is 62.8 Å². The number of fused-ring (bicyclic) bond motifs is 1. The Hall–Kier alpha value is -5.32. The normalized spacial score (nSPS) is 11.1. The fourth-order valence-corrected chi connectivity index (χ4v) is 4.04. The van der Waals surface area contributed by atoms with Gasteiger partial charge in [-0.3, -0.25) is 4.79 Å². The van der Waals surface area contributed by atoms with E-state index in [1.807, 2.05) is 12.1 Å². The number of ether oxygens (including phenoxy) is 3. The standard InChI is InChI=1S/C30H23F3N4O4/c1-39-26-15-24-25(16-27(26)40-2)34-17-35-28(24)36-20-9-11-22(12-10-20)41-23-8-4-7-21(14-23)37-29(38)18-5-3-6-19(13-18)30(31,32)33/h3-17H,1-2H3,(H,37,38)(H,34,35,36). The van der Waals surface area contributed by atoms with Crippen LogP contribution in [-0.2, 0) is 6.18 Å². The average molecular weight is 561 g/mol. The average Bonchev–Trinajstić information content (AvgIpc) is 2.97. The fraction of sp³-hybridized carbons (Fsp3) is 0.100. The van der Waals surface area contributed by atoms with Crippen molar-refractivity contribution in [1.82, 2.24) is 9.97 Å². The molecule has 8 nitrogen and oxygen atoms in total. The second-order valence-corrected chi connectivity index (χ2v) is 8.76. The number of nitrogens with one attached hydrogen (secondary N) is 2. The van der Waals surface area contributed by atoms with Gasteiger partial charge in [0.1, 0.15) is 23.6 Å². The fourth-order valence-electron chi connectivity index (χ4n) is 4.04. The van der Waals surface area contributed by atoms with Crippen molar-refractivity contribution in [3.05, 3.63) is 102 Å². The van der Waals surface area contributed by atoms with Crippen LogP contribution in [0, 0.1) is 0 Å². The quantitative estimate of drug-likeness (QED) is 0.204. The predicted octanol–water partition coefficient (Wildman–Crippen LogP) is 7.45. The van der Waals surface area contributed by atoms with E-state index in [2.05, 4.69) is 20.6 Å². The van der Waals surface area contributed by atoms with E-state index in [9.17, 15) is 18.0 Å². The third-order valence-electron chi connectivity index (χ3n) is 6.04. The van der Waals surface area contributed by atoms with Gasteiger partial charge in [-0.2, -0.15) is 13.2 Å². The molecule has 5 aromatic rings. The highest BCUT2D eigenvalue weighted by atomic mass is 19.4. The Morgan fingerprint density at radius 3 is 2.24 bits per heavy atom. The summed E-state index contributed by atoms with van der Waals surface area (Å²) in [6.07, 6.45) is -3.09. The summed E-state index contributed by atoms with van der Waals surface area (Å²) >= 11 is 0. The Kier molecular flexibility index (Phi) is 7.59. The van der Waals surface area contributed by atoms with Gasteiger partial charge in [-0.15, -0.1) is 0 Å². The molecule has 0 aliphatic rings. The lowest BCUT2D eigenvalue weighted by Gasteiger charge is -2.13. The Morgan fingerprint density at radius 2 is 1.51 bits per heavy atom. The number of anilines is 3. The summed E-state index contributed by atoms with van der Waals surface area (Å²) in [6, 6.07) is 21.5. The first-order valence-electron chi connectivity index (χ1n) is 12.2. The van der Waals surface area contributed by atoms with Crippen molar-refractivity contribution in [2.24, 2.45) is 0 Å². The maximum Gasteiger partial charge on any atom is 0.416 e. The minimum absolute atomic E-state index is 0.108. The number of halogens is 3. The van der Waals surface area contributed by atoms with Crippen LogP contribution in [-0.4, -0.2) is 30.1 Å². The number of benzene rings is 4. The molecule has 41 heavy (non-hydrogen) atoms. The van der Waals surface area contributed by atoms with Crippen molar-refractivity contribution < 1.29 is 32.2 Å². The van der Waals surface area contributed by atoms with Crippen LogP contribution in [0.2, 0.25) is 0 Å². The molecule has 0 saturated heterocycles. The second-order valence-electron chi connectivity index (χ2n) is 8.76. The SMILES string of the molecule is COc1cc2ncnc(Nc3ccc(Oc4cccc(NC(=O)c5cccc(C(F)(F)F)c5)c4)cc3)c2cc1OC. The molecule has 0 saturated carbocycles. The number of carbonyl (C=O) groups excluding carboxylic acids is 1. The maximum atomic E-state index is 13.0. The number of alkyl halides is 3. The maximum absolute atomic E-state index is 13.0. The molecule has 0 unspecified atom stereocenters. The smallest absolute Gasteiger partial charge is 0.416 e. The summed E-state index contributed by atoms with van der Waals surface area (Å²) in [7, 11) is 3.11. The summed E-state index contributed by atoms with van der Waals surface area (Å²) in [5.74, 6) is 1.97. The molecule has 0 aliphatic carbocycles. The van der Waals surface area contributed by atoms with Crippen LogP contribution in [0.25, 0.3) is 10.9 Å². The van der Waals surface area contributed by atoms with E-state index < -0.39 is 17.6 Å². The Bertz CT molecular complexity index is 1710. The highest BCUT2D eigenvalue weighted by Crippen LogP contribution is 2.35. The van der Waals surface area contributed by atoms with Gasteiger partial charge in [0.2, 0.25) is 0 Å². The zero-order valence-electron chi connectivity index (χ0n) is 21.8. The highest BCUT2D eigenvalue weighted by molar-refractivity contribution is 6.04. The molecular formula is C30H23F3N4O4. The molecule has 0 bridgehead atoms. The first kappa shape index (κ1) is 27.3. The van der Waals surface area contributed by atoms with Gasteiger partial charge in [-0.1, -0.05) is 12.1 Å². The van der Waals surface area contributed by atoms with Crippen molar-refractivity contribution >= 4 is 34.0 Å². The van der Waals surface area contributed by atoms with Crippen LogP contribution >= 0.6 is 0 Å². The molecule has 1 amide bonds. The van der Waals surface area contributed by atoms with Crippen molar-refractivity contribution in [3.8, 4) is 23.0 Å². The molecule has 0 aliphatic heterocycles. The second kappa shape index (κ2) is 11.4. The molecule has 0 fully saturated rings. The van der Waals surface area contributed by atoms with Crippen LogP contribution in [0.3, 0.4) is 0 Å². The Morgan fingerprint density at radius 1 is 0.780 bits per heavy atom. The number of nitrogens with zero attached hydrogens (tertiary/aromatic N) is 2. The van der Waals surface area contributed by atoms with E-state index in [0.29, 0.717) is 40.0 Å². The number of rotatable bonds is 8. The third-order valence-corrected chi connectivity index (χ3v) is 6.04. The van der Waals surface area contributed by atoms with Gasteiger partial charge < -0.3 is 24.8 Å². The van der Waals surface area contributed by atoms with E-state index in [1.165, 1.54) is 18.5 Å². The van der Waals surface area contributed by atoms with Crippen LogP contribution in [0.4, 0.5) is 30.4 Å². The zero-order chi connectivity index (χ0) is 29.0. The number of aromatic nitrogens is 2. The molecule has 1 heterocycles. The van der Waals surface area contributed by atoms with Crippen molar-refractivity contribution in [3.63, 3.8) is 0 Å². The van der Waals surface area contributed by atoms with Crippen LogP contribution in [0.5, 0.6) is 23.0 Å². The molecule has 0 spiro atoms. The van der Waals surface area contributed by atoms with Crippen LogP contribution in [0.1, 0.15) is 15.9 Å². The lowest BCUT2D eigenvalue weighted by molar-refractivity contribution is -0.137. The van der Waals surface area contributed by atoms with E-state index in [4.69, 9.17) is 14.2 Å². The Labute approximate surface area is 232 Å². The molecular weight excluding hydrogens is 537 g/mol. The van der Waals surface area contributed by atoms with Crippen LogP contribution in [0.15, 0.2) is 91.3 Å². The first-order chi connectivity index (χ1) is 19.7. The molecule has 0 atom stereocenters. The molecule has 5 rings (SSSR count). The summed E-state index contributed by atoms with van der Waals surface area (Å²) < 4.78 is 55.7. The molecule has 208 valence electrons. The highest BCUT2D eigenvalue weighted by Gasteiger charge is 2.30. The number of amides is 1. The number of methoxy groups -OCH3 is 2. The topological polar surface area (TPSA) is 94.6 Å². The molecule has 1 aromatic heterocycles. The third kappa shape index (κ3) is 6.30. The lowest BCUT2D eigenvalue weighted by Crippen LogP contribution is -2.13. The molecule has 0 radical (unpaired) electrons. The number of carbonyl (C=O) groups is 1. The molecule has 4 aromatic carbocycles. The van der Waals surface area contributed by atoms with Crippen LogP contribution < -0.4 is 24.8 Å². The predicted molar refractivity (Wildman–Crippen MR) is 148 cm³/mol. The van der Waals surface area contributed by atoms with Gasteiger partial charge in [0.15, 0.2) is 11.5 Å². The minimum Gasteiger partial charge on any atom is -0.493 e. The number of hydrogen-bond donors (Lipinski definition) is 2. The Balaban J connectivity index is 1.27. The largest absolute Gasteiger partial charge is 0.493 e. The van der Waals surface area contributed by atoms with Crippen molar-refractivity contribution in [2.45, 2.75) is 6.18 Å². The van der Waals surface area contributed by atoms with Crippen molar-refractivity contribution in [2.75, 3.05) is 24.9 Å². The summed E-state index contributed by atoms with van der Waals surface area (Å²) in [6.45, 7) is 0. The molecule has 11 heteroatoms. The summed E-state index contributed by atoms with van der Waals surface area (Å²) in [4.78, 5) is 21.2. The van der Waals surface area contributed by atoms with Gasteiger partial charge in [0, 0.05) is 34.5 Å². The molecule has 2 N–H and O–H groups in total. The van der Waals surface area contributed by atoms with Gasteiger partial charge in [0.25, 0.3) is 5.91 Å². The number of hydrogen-bond acceptors (Lipinski definition) is 7. The first-order valence-corrected chi connectivity index (χ1v) is 12.2. The lowest BCUT2D eigenvalue weighted by atomic mass is 10.1. The summed E-state index contributed by atoms with van der Waals surface area (Å²) in [5.41, 5.74) is 0.788. The van der Waals surface area contributed by atoms with E-state index >= 15 is 0 Å². The van der Waals surface area contributed by atoms with Crippen molar-refractivity contribution in [1.29, 1.82) is 0 Å². The van der Waals surface area contributed by atoms with Gasteiger partial charge >= 0.3 is 6.18 Å².